The molecule has 0 aromatic heterocycles. The number of fused-ring (bicyclic) bond motifs is 1. The van der Waals surface area contributed by atoms with Crippen LogP contribution in [0.3, 0.4) is 0 Å². The Kier molecular flexibility index (Phi) is 3.66. The van der Waals surface area contributed by atoms with Gasteiger partial charge in [-0.3, -0.25) is 10.9 Å². The van der Waals surface area contributed by atoms with Crippen LogP contribution < -0.4 is 26.6 Å². The second kappa shape index (κ2) is 5.61. The van der Waals surface area contributed by atoms with E-state index in [4.69, 9.17) is 22.1 Å². The number of ether oxygens (including phenoxy) is 1. The monoisotopic (exact) mass is 304 g/mol. The predicted octanol–water partition coefficient (Wildman–Crippen LogP) is 1.89. The van der Waals surface area contributed by atoms with Gasteiger partial charge in [0.1, 0.15) is 11.6 Å². The van der Waals surface area contributed by atoms with Gasteiger partial charge in [-0.25, -0.2) is 0 Å². The van der Waals surface area contributed by atoms with Crippen LogP contribution in [0, 0.1) is 0 Å². The summed E-state index contributed by atoms with van der Waals surface area (Å²) in [6.07, 6.45) is 5.00. The number of nitrogens with two attached hydrogens (primary N) is 1. The molecule has 1 aromatic rings. The Morgan fingerprint density at radius 3 is 3.00 bits per heavy atom. The minimum atomic E-state index is 0.618. The van der Waals surface area contributed by atoms with Crippen molar-refractivity contribution in [3.05, 3.63) is 63.7 Å². The fourth-order valence-electron chi connectivity index (χ4n) is 2.33. The van der Waals surface area contributed by atoms with Crippen molar-refractivity contribution in [2.45, 2.75) is 13.0 Å². The van der Waals surface area contributed by atoms with Crippen LogP contribution in [-0.2, 0) is 6.54 Å². The van der Waals surface area contributed by atoms with Crippen molar-refractivity contribution < 1.29 is 4.74 Å². The van der Waals surface area contributed by atoms with Crippen molar-refractivity contribution in [3.63, 3.8) is 0 Å². The molecule has 1 heterocycles. The molecule has 0 radical (unpaired) electrons. The van der Waals surface area contributed by atoms with E-state index in [2.05, 4.69) is 28.3 Å². The molecule has 0 unspecified atom stereocenters. The number of rotatable bonds is 4. The molecule has 110 valence electrons. The Balaban J connectivity index is 1.67. The summed E-state index contributed by atoms with van der Waals surface area (Å²) in [5, 5.41) is 4.03. The lowest BCUT2D eigenvalue weighted by Gasteiger charge is -2.15. The zero-order valence-corrected chi connectivity index (χ0v) is 12.4. The van der Waals surface area contributed by atoms with E-state index < -0.39 is 0 Å². The molecule has 0 fully saturated rings. The number of nitrogens with one attached hydrogen (secondary N) is 3. The van der Waals surface area contributed by atoms with Gasteiger partial charge in [0.2, 0.25) is 0 Å². The summed E-state index contributed by atoms with van der Waals surface area (Å²) in [6, 6.07) is 5.77. The van der Waals surface area contributed by atoms with Gasteiger partial charge in [-0.1, -0.05) is 23.7 Å². The minimum Gasteiger partial charge on any atom is -0.495 e. The lowest BCUT2D eigenvalue weighted by Crippen LogP contribution is -2.26. The first-order valence-corrected chi connectivity index (χ1v) is 7.04. The second-order valence-electron chi connectivity index (χ2n) is 4.89. The Morgan fingerprint density at radius 1 is 1.38 bits per heavy atom. The highest BCUT2D eigenvalue weighted by molar-refractivity contribution is 6.32. The molecule has 2 aliphatic rings. The van der Waals surface area contributed by atoms with Crippen molar-refractivity contribution >= 4 is 11.6 Å². The van der Waals surface area contributed by atoms with E-state index in [0.717, 1.165) is 29.0 Å². The topological polar surface area (TPSA) is 71.3 Å². The van der Waals surface area contributed by atoms with E-state index in [1.165, 1.54) is 0 Å². The average Bonchev–Trinajstić information content (AvgIpc) is 2.86. The molecular weight excluding hydrogens is 288 g/mol. The van der Waals surface area contributed by atoms with E-state index in [1.807, 2.05) is 18.2 Å². The van der Waals surface area contributed by atoms with Gasteiger partial charge in [0.05, 0.1) is 17.8 Å². The Bertz CT molecular complexity index is 664. The maximum Gasteiger partial charge on any atom is 0.137 e. The van der Waals surface area contributed by atoms with E-state index in [1.54, 1.807) is 7.11 Å². The van der Waals surface area contributed by atoms with E-state index in [-0.39, 0.29) is 0 Å². The Hall–Kier alpha value is -2.27. The highest BCUT2D eigenvalue weighted by Gasteiger charge is 2.18. The van der Waals surface area contributed by atoms with Crippen molar-refractivity contribution in [1.82, 2.24) is 16.2 Å². The first kappa shape index (κ1) is 13.7. The van der Waals surface area contributed by atoms with Crippen LogP contribution in [0.2, 0.25) is 5.02 Å². The highest BCUT2D eigenvalue weighted by Crippen LogP contribution is 2.26. The normalized spacial score (nSPS) is 16.5. The van der Waals surface area contributed by atoms with Gasteiger partial charge in [-0.2, -0.15) is 0 Å². The second-order valence-corrected chi connectivity index (χ2v) is 5.30. The summed E-state index contributed by atoms with van der Waals surface area (Å²) in [6.45, 7) is 0.701. The fraction of sp³-hybridized carbons (Fsp3) is 0.200. The molecule has 5 N–H and O–H groups in total. The molecule has 3 rings (SSSR count). The third-order valence-electron chi connectivity index (χ3n) is 3.49. The summed E-state index contributed by atoms with van der Waals surface area (Å²) in [7, 11) is 1.61. The van der Waals surface area contributed by atoms with Crippen LogP contribution in [0.25, 0.3) is 0 Å². The van der Waals surface area contributed by atoms with E-state index in [0.29, 0.717) is 23.1 Å². The van der Waals surface area contributed by atoms with Gasteiger partial charge >= 0.3 is 0 Å². The van der Waals surface area contributed by atoms with Crippen LogP contribution >= 0.6 is 11.6 Å². The molecule has 0 amide bonds. The lowest BCUT2D eigenvalue weighted by molar-refractivity contribution is 0.415. The summed E-state index contributed by atoms with van der Waals surface area (Å²) < 4.78 is 5.15. The number of hydrogen-bond donors (Lipinski definition) is 4. The molecule has 1 aromatic carbocycles. The molecule has 5 nitrogen and oxygen atoms in total. The first-order chi connectivity index (χ1) is 10.2. The zero-order valence-electron chi connectivity index (χ0n) is 11.7. The number of allylic oxidation sites excluding steroid dienone is 2. The smallest absolute Gasteiger partial charge is 0.137 e. The van der Waals surface area contributed by atoms with Crippen LogP contribution in [0.4, 0.5) is 0 Å². The predicted molar refractivity (Wildman–Crippen MR) is 83.1 cm³/mol. The molecule has 0 atom stereocenters. The van der Waals surface area contributed by atoms with E-state index in [9.17, 15) is 0 Å². The Morgan fingerprint density at radius 2 is 2.24 bits per heavy atom. The molecule has 0 saturated heterocycles. The summed E-state index contributed by atoms with van der Waals surface area (Å²) >= 11 is 6.13. The molecule has 6 heteroatoms. The van der Waals surface area contributed by atoms with Crippen molar-refractivity contribution in [1.29, 1.82) is 0 Å². The largest absolute Gasteiger partial charge is 0.495 e. The van der Waals surface area contributed by atoms with Crippen LogP contribution in [0.1, 0.15) is 12.0 Å². The van der Waals surface area contributed by atoms with Crippen molar-refractivity contribution in [2.75, 3.05) is 7.11 Å². The maximum atomic E-state index is 6.13. The van der Waals surface area contributed by atoms with Gasteiger partial charge in [0, 0.05) is 24.2 Å². The Labute approximate surface area is 128 Å². The molecule has 1 aliphatic carbocycles. The van der Waals surface area contributed by atoms with Crippen molar-refractivity contribution in [3.8, 4) is 5.75 Å². The lowest BCUT2D eigenvalue weighted by atomic mass is 10.0. The average molecular weight is 305 g/mol. The summed E-state index contributed by atoms with van der Waals surface area (Å²) in [5.41, 5.74) is 16.1. The molecule has 21 heavy (non-hydrogen) atoms. The number of halogens is 1. The highest BCUT2D eigenvalue weighted by atomic mass is 35.5. The number of hydrazine groups is 1. The van der Waals surface area contributed by atoms with Crippen LogP contribution in [0.5, 0.6) is 5.75 Å². The number of hydrogen-bond acceptors (Lipinski definition) is 5. The molecular formula is C15H17ClN4O. The van der Waals surface area contributed by atoms with Gasteiger partial charge in [-0.05, 0) is 23.8 Å². The maximum absolute atomic E-state index is 6.13. The summed E-state index contributed by atoms with van der Waals surface area (Å²) in [4.78, 5) is 0. The zero-order chi connectivity index (χ0) is 14.8. The van der Waals surface area contributed by atoms with Gasteiger partial charge in [0.15, 0.2) is 0 Å². The van der Waals surface area contributed by atoms with Gasteiger partial charge < -0.3 is 15.8 Å². The summed E-state index contributed by atoms with van der Waals surface area (Å²) in [5.74, 6) is 1.33. The SMILES string of the molecule is COc1ccc(CNC2=CC3=C(N)NNC3=CC2)cc1Cl. The minimum absolute atomic E-state index is 0.618. The quantitative estimate of drug-likeness (QED) is 0.684. The molecule has 1 aliphatic heterocycles. The number of benzene rings is 1. The molecule has 0 bridgehead atoms. The fourth-order valence-corrected chi connectivity index (χ4v) is 2.62. The van der Waals surface area contributed by atoms with Crippen molar-refractivity contribution in [2.24, 2.45) is 5.73 Å². The third kappa shape index (κ3) is 2.78. The van der Waals surface area contributed by atoms with E-state index >= 15 is 0 Å². The third-order valence-corrected chi connectivity index (χ3v) is 3.79. The van der Waals surface area contributed by atoms with Crippen LogP contribution in [0.15, 0.2) is 53.1 Å². The van der Waals surface area contributed by atoms with Gasteiger partial charge in [0.25, 0.3) is 0 Å². The molecule has 0 spiro atoms. The van der Waals surface area contributed by atoms with Crippen LogP contribution in [-0.4, -0.2) is 7.11 Å². The standard InChI is InChI=1S/C15H17ClN4O/c1-21-14-5-2-9(6-12(14)16)8-18-10-3-4-13-11(7-10)15(17)20-19-13/h2,4-7,18-20H,3,8,17H2,1H3. The number of methoxy groups -OCH3 is 1. The van der Waals surface area contributed by atoms with Gasteiger partial charge in [-0.15, -0.1) is 0 Å². The first-order valence-electron chi connectivity index (χ1n) is 6.66. The molecule has 0 saturated carbocycles.